The zero-order chi connectivity index (χ0) is 15.8. The van der Waals surface area contributed by atoms with Gasteiger partial charge in [-0.25, -0.2) is 0 Å². The van der Waals surface area contributed by atoms with E-state index in [0.29, 0.717) is 23.5 Å². The number of amidine groups is 1. The summed E-state index contributed by atoms with van der Waals surface area (Å²) in [6.45, 7) is 1.73. The summed E-state index contributed by atoms with van der Waals surface area (Å²) in [7, 11) is 1.50. The van der Waals surface area contributed by atoms with Crippen molar-refractivity contribution in [3.63, 3.8) is 0 Å². The summed E-state index contributed by atoms with van der Waals surface area (Å²) < 4.78 is 5.09. The maximum absolute atomic E-state index is 11.5. The lowest BCUT2D eigenvalue weighted by Gasteiger charge is -2.11. The molecule has 8 nitrogen and oxygen atoms in total. The fourth-order valence-electron chi connectivity index (χ4n) is 1.35. The maximum atomic E-state index is 11.5. The molecule has 0 heterocycles. The molecule has 1 rings (SSSR count). The Bertz CT molecular complexity index is 618. The molecule has 5 N–H and O–H groups in total. The number of amides is 1. The first-order chi connectivity index (χ1) is 10.0. The van der Waals surface area contributed by atoms with E-state index in [1.807, 2.05) is 0 Å². The van der Waals surface area contributed by atoms with E-state index in [1.165, 1.54) is 7.11 Å². The third-order valence-electron chi connectivity index (χ3n) is 2.47. The molecule has 0 radical (unpaired) electrons. The second kappa shape index (κ2) is 7.49. The molecule has 0 saturated carbocycles. The van der Waals surface area contributed by atoms with Gasteiger partial charge < -0.3 is 15.8 Å². The van der Waals surface area contributed by atoms with Crippen molar-refractivity contribution < 1.29 is 9.53 Å². The molecule has 0 aliphatic rings. The minimum absolute atomic E-state index is 0.167. The third kappa shape index (κ3) is 4.50. The molecule has 0 aromatic heterocycles. The van der Waals surface area contributed by atoms with Crippen molar-refractivity contribution in [1.82, 2.24) is 0 Å². The average molecular weight is 288 g/mol. The monoisotopic (exact) mass is 288 g/mol. The normalized spacial score (nSPS) is 10.4. The van der Waals surface area contributed by atoms with Gasteiger partial charge in [-0.2, -0.15) is 10.4 Å². The SMILES string of the molecule is CCC(=O)Nc1ccc(OC)cc1N/N=C(\C#N)C(=N)N. The van der Waals surface area contributed by atoms with Crippen LogP contribution in [0.4, 0.5) is 11.4 Å². The zero-order valence-corrected chi connectivity index (χ0v) is 11.7. The minimum atomic E-state index is -0.452. The lowest BCUT2D eigenvalue weighted by atomic mass is 10.2. The van der Waals surface area contributed by atoms with Gasteiger partial charge >= 0.3 is 0 Å². The molecule has 0 aliphatic carbocycles. The van der Waals surface area contributed by atoms with Gasteiger partial charge in [-0.15, -0.1) is 0 Å². The number of nitrogens with two attached hydrogens (primary N) is 1. The van der Waals surface area contributed by atoms with Gasteiger partial charge in [-0.3, -0.25) is 15.6 Å². The van der Waals surface area contributed by atoms with Gasteiger partial charge in [-0.05, 0) is 12.1 Å². The summed E-state index contributed by atoms with van der Waals surface area (Å²) in [6, 6.07) is 6.61. The standard InChI is InChI=1S/C13H16N6O2/c1-3-12(20)17-9-5-4-8(21-2)6-10(9)18-19-11(7-14)13(15)16/h4-6,18H,3H2,1-2H3,(H3,15,16)(H,17,20)/b19-11+. The predicted octanol–water partition coefficient (Wildman–Crippen LogP) is 1.27. The third-order valence-corrected chi connectivity index (χ3v) is 2.47. The van der Waals surface area contributed by atoms with Crippen molar-refractivity contribution in [2.45, 2.75) is 13.3 Å². The molecule has 0 bridgehead atoms. The van der Waals surface area contributed by atoms with Crippen molar-refractivity contribution in [1.29, 1.82) is 10.7 Å². The number of nitrogens with zero attached hydrogens (tertiary/aromatic N) is 2. The summed E-state index contributed by atoms with van der Waals surface area (Å²) in [5.41, 5.74) is 8.44. The second-order valence-corrected chi connectivity index (χ2v) is 3.91. The van der Waals surface area contributed by atoms with Crippen molar-refractivity contribution in [2.24, 2.45) is 10.8 Å². The van der Waals surface area contributed by atoms with Crippen LogP contribution in [0, 0.1) is 16.7 Å². The Hall–Kier alpha value is -3.08. The van der Waals surface area contributed by atoms with E-state index >= 15 is 0 Å². The van der Waals surface area contributed by atoms with E-state index in [1.54, 1.807) is 31.2 Å². The Labute approximate surface area is 122 Å². The van der Waals surface area contributed by atoms with Gasteiger partial charge in [0.25, 0.3) is 0 Å². The van der Waals surface area contributed by atoms with Crippen LogP contribution in [0.15, 0.2) is 23.3 Å². The van der Waals surface area contributed by atoms with Crippen LogP contribution >= 0.6 is 0 Å². The highest BCUT2D eigenvalue weighted by atomic mass is 16.5. The second-order valence-electron chi connectivity index (χ2n) is 3.91. The molecule has 0 unspecified atom stereocenters. The summed E-state index contributed by atoms with van der Waals surface area (Å²) >= 11 is 0. The highest BCUT2D eigenvalue weighted by Crippen LogP contribution is 2.27. The number of carbonyl (C=O) groups excluding carboxylic acids is 1. The van der Waals surface area contributed by atoms with Crippen LogP contribution in [0.25, 0.3) is 0 Å². The zero-order valence-electron chi connectivity index (χ0n) is 11.7. The number of hydrogen-bond acceptors (Lipinski definition) is 6. The molecule has 21 heavy (non-hydrogen) atoms. The van der Waals surface area contributed by atoms with Crippen LogP contribution in [-0.2, 0) is 4.79 Å². The Morgan fingerprint density at radius 3 is 2.76 bits per heavy atom. The van der Waals surface area contributed by atoms with Crippen molar-refractivity contribution in [3.05, 3.63) is 18.2 Å². The Balaban J connectivity index is 3.10. The average Bonchev–Trinajstić information content (AvgIpc) is 2.48. The number of benzene rings is 1. The van der Waals surface area contributed by atoms with Gasteiger partial charge in [0.05, 0.1) is 18.5 Å². The number of nitrogens with one attached hydrogen (secondary N) is 3. The summed E-state index contributed by atoms with van der Waals surface area (Å²) in [6.07, 6.45) is 0.325. The van der Waals surface area contributed by atoms with Crippen LogP contribution < -0.4 is 21.2 Å². The molecule has 8 heteroatoms. The van der Waals surface area contributed by atoms with E-state index in [0.717, 1.165) is 0 Å². The number of methoxy groups -OCH3 is 1. The summed E-state index contributed by atoms with van der Waals surface area (Å²) in [4.78, 5) is 11.5. The van der Waals surface area contributed by atoms with Crippen LogP contribution in [0.5, 0.6) is 5.75 Å². The van der Waals surface area contributed by atoms with E-state index in [-0.39, 0.29) is 11.6 Å². The molecule has 0 atom stereocenters. The van der Waals surface area contributed by atoms with Crippen LogP contribution in [-0.4, -0.2) is 24.6 Å². The molecule has 1 aromatic rings. The summed E-state index contributed by atoms with van der Waals surface area (Å²) in [5, 5.41) is 22.4. The number of ether oxygens (including phenoxy) is 1. The number of hydrazone groups is 1. The first-order valence-corrected chi connectivity index (χ1v) is 6.07. The van der Waals surface area contributed by atoms with Crippen molar-refractivity contribution >= 4 is 28.8 Å². The van der Waals surface area contributed by atoms with Gasteiger partial charge in [0.2, 0.25) is 11.6 Å². The molecule has 110 valence electrons. The highest BCUT2D eigenvalue weighted by Gasteiger charge is 2.08. The van der Waals surface area contributed by atoms with E-state index in [2.05, 4.69) is 15.8 Å². The molecular weight excluding hydrogens is 272 g/mol. The molecule has 0 saturated heterocycles. The number of nitriles is 1. The fraction of sp³-hybridized carbons (Fsp3) is 0.231. The number of rotatable bonds is 6. The minimum Gasteiger partial charge on any atom is -0.497 e. The Morgan fingerprint density at radius 1 is 1.52 bits per heavy atom. The van der Waals surface area contributed by atoms with Gasteiger partial charge in [0.1, 0.15) is 11.8 Å². The largest absolute Gasteiger partial charge is 0.497 e. The fourth-order valence-corrected chi connectivity index (χ4v) is 1.35. The first-order valence-electron chi connectivity index (χ1n) is 6.07. The maximum Gasteiger partial charge on any atom is 0.224 e. The lowest BCUT2D eigenvalue weighted by Crippen LogP contribution is -2.22. The smallest absolute Gasteiger partial charge is 0.224 e. The highest BCUT2D eigenvalue weighted by molar-refractivity contribution is 6.45. The molecular formula is C13H16N6O2. The Kier molecular flexibility index (Phi) is 5.70. The quantitative estimate of drug-likeness (QED) is 0.355. The van der Waals surface area contributed by atoms with Crippen LogP contribution in [0.2, 0.25) is 0 Å². The van der Waals surface area contributed by atoms with Crippen molar-refractivity contribution in [3.8, 4) is 11.8 Å². The number of hydrogen-bond donors (Lipinski definition) is 4. The summed E-state index contributed by atoms with van der Waals surface area (Å²) in [5.74, 6) is -0.0742. The lowest BCUT2D eigenvalue weighted by molar-refractivity contribution is -0.115. The van der Waals surface area contributed by atoms with Gasteiger partial charge in [-0.1, -0.05) is 6.92 Å². The van der Waals surface area contributed by atoms with E-state index < -0.39 is 5.84 Å². The molecule has 1 amide bonds. The topological polar surface area (TPSA) is 136 Å². The number of anilines is 2. The van der Waals surface area contributed by atoms with Crippen LogP contribution in [0.3, 0.4) is 0 Å². The first kappa shape index (κ1) is 16.0. The van der Waals surface area contributed by atoms with Crippen LogP contribution in [0.1, 0.15) is 13.3 Å². The van der Waals surface area contributed by atoms with E-state index in [9.17, 15) is 4.79 Å². The Morgan fingerprint density at radius 2 is 2.24 bits per heavy atom. The molecule has 0 fully saturated rings. The van der Waals surface area contributed by atoms with Gasteiger partial charge in [0.15, 0.2) is 5.84 Å². The molecule has 1 aromatic carbocycles. The van der Waals surface area contributed by atoms with Crippen molar-refractivity contribution in [2.75, 3.05) is 17.9 Å². The number of carbonyl (C=O) groups is 1. The van der Waals surface area contributed by atoms with Gasteiger partial charge in [0, 0.05) is 12.5 Å². The van der Waals surface area contributed by atoms with E-state index in [4.69, 9.17) is 21.1 Å². The molecule has 0 aliphatic heterocycles. The molecule has 0 spiro atoms. The predicted molar refractivity (Wildman–Crippen MR) is 80.5 cm³/mol.